The fourth-order valence-corrected chi connectivity index (χ4v) is 1.89. The lowest BCUT2D eigenvalue weighted by Crippen LogP contribution is -2.21. The van der Waals surface area contributed by atoms with Gasteiger partial charge < -0.3 is 10.2 Å². The van der Waals surface area contributed by atoms with Crippen LogP contribution in [0, 0.1) is 0 Å². The third kappa shape index (κ3) is 2.36. The van der Waals surface area contributed by atoms with Crippen LogP contribution in [0.3, 0.4) is 0 Å². The van der Waals surface area contributed by atoms with Gasteiger partial charge in [-0.3, -0.25) is 9.59 Å². The van der Waals surface area contributed by atoms with Gasteiger partial charge in [-0.2, -0.15) is 0 Å². The van der Waals surface area contributed by atoms with Gasteiger partial charge in [0.15, 0.2) is 0 Å². The summed E-state index contributed by atoms with van der Waals surface area (Å²) in [6.45, 7) is 6.23. The molecule has 0 bridgehead atoms. The molecule has 1 aliphatic rings. The van der Waals surface area contributed by atoms with Crippen LogP contribution in [-0.4, -0.2) is 16.7 Å². The molecule has 1 aromatic rings. The average Bonchev–Trinajstić information content (AvgIpc) is 2.72. The highest BCUT2D eigenvalue weighted by Crippen LogP contribution is 2.25. The largest absolute Gasteiger partial charge is 0.334 e. The average molecular weight is 230 g/mol. The molecule has 0 aliphatic carbocycles. The number of carbonyl (C=O) groups excluding carboxylic acids is 2. The number of carbonyl (C=O) groups is 2. The molecule has 17 heavy (non-hydrogen) atoms. The van der Waals surface area contributed by atoms with Crippen LogP contribution in [0.5, 0.6) is 0 Å². The summed E-state index contributed by atoms with van der Waals surface area (Å²) in [4.78, 5) is 24.2. The summed E-state index contributed by atoms with van der Waals surface area (Å²) in [7, 11) is 0. The monoisotopic (exact) mass is 230 g/mol. The maximum Gasteiger partial charge on any atom is 0.247 e. The van der Waals surface area contributed by atoms with Crippen molar-refractivity contribution in [3.05, 3.63) is 42.0 Å². The fraction of sp³-hybridized carbons (Fsp3) is 0.231. The second kappa shape index (κ2) is 4.41. The number of fused-ring (bicyclic) bond motifs is 1. The molecule has 1 aromatic carbocycles. The van der Waals surface area contributed by atoms with Crippen LogP contribution in [0.25, 0.3) is 0 Å². The summed E-state index contributed by atoms with van der Waals surface area (Å²) in [5.74, 6) is -0.163. The first-order chi connectivity index (χ1) is 8.10. The summed E-state index contributed by atoms with van der Waals surface area (Å²) in [5.41, 5.74) is 2.96. The van der Waals surface area contributed by atoms with E-state index in [4.69, 9.17) is 0 Å². The van der Waals surface area contributed by atoms with E-state index < -0.39 is 0 Å². The molecule has 88 valence electrons. The molecule has 4 heteroatoms. The number of nitrogens with one attached hydrogen (secondary N) is 1. The number of nitrogens with zero attached hydrogens (tertiary/aromatic N) is 1. The van der Waals surface area contributed by atoms with Gasteiger partial charge in [-0.1, -0.05) is 12.6 Å². The summed E-state index contributed by atoms with van der Waals surface area (Å²) in [5, 5.41) is 2.70. The molecule has 0 spiro atoms. The Morgan fingerprint density at radius 2 is 2.06 bits per heavy atom. The fourth-order valence-electron chi connectivity index (χ4n) is 1.89. The highest BCUT2D eigenvalue weighted by Gasteiger charge is 2.20. The molecule has 0 saturated carbocycles. The Bertz CT molecular complexity index is 494. The lowest BCUT2D eigenvalue weighted by molar-refractivity contribution is -0.129. The van der Waals surface area contributed by atoms with Gasteiger partial charge in [0, 0.05) is 25.7 Å². The summed E-state index contributed by atoms with van der Waals surface area (Å²) in [6.07, 6.45) is 1.23. The Morgan fingerprint density at radius 1 is 1.35 bits per heavy atom. The van der Waals surface area contributed by atoms with Crippen molar-refractivity contribution in [2.24, 2.45) is 0 Å². The van der Waals surface area contributed by atoms with Crippen molar-refractivity contribution in [3.8, 4) is 0 Å². The van der Waals surface area contributed by atoms with Crippen molar-refractivity contribution in [1.29, 1.82) is 0 Å². The first-order valence-electron chi connectivity index (χ1n) is 5.41. The molecule has 2 amide bonds. The SMILES string of the molecule is C=CC(=O)Nc1ccc2c(c1)CN(C(C)=O)C2. The highest BCUT2D eigenvalue weighted by molar-refractivity contribution is 5.98. The van der Waals surface area contributed by atoms with E-state index in [1.807, 2.05) is 18.2 Å². The smallest absolute Gasteiger partial charge is 0.247 e. The molecule has 4 nitrogen and oxygen atoms in total. The number of hydrogen-bond acceptors (Lipinski definition) is 2. The van der Waals surface area contributed by atoms with Gasteiger partial charge in [0.05, 0.1) is 0 Å². The van der Waals surface area contributed by atoms with Crippen LogP contribution in [0.4, 0.5) is 5.69 Å². The van der Waals surface area contributed by atoms with E-state index in [1.165, 1.54) is 6.08 Å². The second-order valence-corrected chi connectivity index (χ2v) is 4.05. The van der Waals surface area contributed by atoms with E-state index in [1.54, 1.807) is 11.8 Å². The van der Waals surface area contributed by atoms with Crippen LogP contribution >= 0.6 is 0 Å². The van der Waals surface area contributed by atoms with E-state index in [9.17, 15) is 9.59 Å². The number of anilines is 1. The van der Waals surface area contributed by atoms with Crippen molar-refractivity contribution < 1.29 is 9.59 Å². The molecule has 1 N–H and O–H groups in total. The Kier molecular flexibility index (Phi) is 2.95. The predicted octanol–water partition coefficient (Wildman–Crippen LogP) is 1.67. The van der Waals surface area contributed by atoms with E-state index in [0.29, 0.717) is 13.1 Å². The predicted molar refractivity (Wildman–Crippen MR) is 65.2 cm³/mol. The van der Waals surface area contributed by atoms with Gasteiger partial charge in [0.2, 0.25) is 11.8 Å². The minimum Gasteiger partial charge on any atom is -0.334 e. The van der Waals surface area contributed by atoms with Gasteiger partial charge in [-0.05, 0) is 29.3 Å². The third-order valence-electron chi connectivity index (χ3n) is 2.83. The van der Waals surface area contributed by atoms with E-state index >= 15 is 0 Å². The zero-order valence-electron chi connectivity index (χ0n) is 9.69. The van der Waals surface area contributed by atoms with Crippen molar-refractivity contribution in [2.75, 3.05) is 5.32 Å². The molecule has 0 atom stereocenters. The van der Waals surface area contributed by atoms with Gasteiger partial charge >= 0.3 is 0 Å². The van der Waals surface area contributed by atoms with Crippen LogP contribution in [0.2, 0.25) is 0 Å². The van der Waals surface area contributed by atoms with Gasteiger partial charge in [0.25, 0.3) is 0 Å². The van der Waals surface area contributed by atoms with Crippen molar-refractivity contribution in [2.45, 2.75) is 20.0 Å². The Balaban J connectivity index is 2.18. The molecule has 0 fully saturated rings. The zero-order valence-corrected chi connectivity index (χ0v) is 9.69. The Labute approximate surface area is 99.9 Å². The first kappa shape index (κ1) is 11.4. The molecule has 1 aliphatic heterocycles. The lowest BCUT2D eigenvalue weighted by Gasteiger charge is -2.11. The topological polar surface area (TPSA) is 49.4 Å². The molecular formula is C13H14N2O2. The molecule has 0 saturated heterocycles. The maximum atomic E-state index is 11.3. The maximum absolute atomic E-state index is 11.3. The van der Waals surface area contributed by atoms with Crippen LogP contribution in [-0.2, 0) is 22.7 Å². The zero-order chi connectivity index (χ0) is 12.4. The van der Waals surface area contributed by atoms with Crippen LogP contribution < -0.4 is 5.32 Å². The summed E-state index contributed by atoms with van der Waals surface area (Å²) < 4.78 is 0. The number of hydrogen-bond donors (Lipinski definition) is 1. The number of rotatable bonds is 2. The molecule has 1 heterocycles. The Morgan fingerprint density at radius 3 is 2.71 bits per heavy atom. The van der Waals surface area contributed by atoms with Crippen molar-refractivity contribution in [1.82, 2.24) is 4.90 Å². The highest BCUT2D eigenvalue weighted by atomic mass is 16.2. The number of amides is 2. The van der Waals surface area contributed by atoms with Crippen molar-refractivity contribution >= 4 is 17.5 Å². The molecule has 0 unspecified atom stereocenters. The van der Waals surface area contributed by atoms with E-state index in [0.717, 1.165) is 16.8 Å². The van der Waals surface area contributed by atoms with Gasteiger partial charge in [-0.25, -0.2) is 0 Å². The van der Waals surface area contributed by atoms with Gasteiger partial charge in [-0.15, -0.1) is 0 Å². The van der Waals surface area contributed by atoms with E-state index in [-0.39, 0.29) is 11.8 Å². The molecular weight excluding hydrogens is 216 g/mol. The van der Waals surface area contributed by atoms with Crippen LogP contribution in [0.15, 0.2) is 30.9 Å². The quantitative estimate of drug-likeness (QED) is 0.786. The molecule has 0 radical (unpaired) electrons. The second-order valence-electron chi connectivity index (χ2n) is 4.05. The Hall–Kier alpha value is -2.10. The summed E-state index contributed by atoms with van der Waals surface area (Å²) in [6, 6.07) is 5.68. The standard InChI is InChI=1S/C13H14N2O2/c1-3-13(17)14-12-5-4-10-7-15(9(2)16)8-11(10)6-12/h3-6H,1,7-8H2,2H3,(H,14,17). The molecule has 2 rings (SSSR count). The van der Waals surface area contributed by atoms with E-state index in [2.05, 4.69) is 11.9 Å². The third-order valence-corrected chi connectivity index (χ3v) is 2.83. The minimum atomic E-state index is -0.230. The summed E-state index contributed by atoms with van der Waals surface area (Å²) >= 11 is 0. The minimum absolute atomic E-state index is 0.0675. The van der Waals surface area contributed by atoms with Crippen molar-refractivity contribution in [3.63, 3.8) is 0 Å². The van der Waals surface area contributed by atoms with Crippen LogP contribution in [0.1, 0.15) is 18.1 Å². The number of benzene rings is 1. The first-order valence-corrected chi connectivity index (χ1v) is 5.41. The van der Waals surface area contributed by atoms with Gasteiger partial charge in [0.1, 0.15) is 0 Å². The normalized spacial score (nSPS) is 13.1. The lowest BCUT2D eigenvalue weighted by atomic mass is 10.1. The molecule has 0 aromatic heterocycles.